The first-order valence-corrected chi connectivity index (χ1v) is 10.3. The van der Waals surface area contributed by atoms with E-state index < -0.39 is 9.84 Å². The molecule has 1 N–H and O–H groups in total. The van der Waals surface area contributed by atoms with Crippen LogP contribution >= 0.6 is 11.6 Å². The summed E-state index contributed by atoms with van der Waals surface area (Å²) >= 11 is 6.09. The molecule has 2 aromatic carbocycles. The Bertz CT molecular complexity index is 889. The first kappa shape index (κ1) is 17.8. The number of benzene rings is 2. The summed E-state index contributed by atoms with van der Waals surface area (Å²) in [4.78, 5) is 14.9. The van der Waals surface area contributed by atoms with Crippen LogP contribution in [-0.2, 0) is 9.84 Å². The molecule has 0 bridgehead atoms. The molecule has 1 aliphatic rings. The number of nitrogens with one attached hydrogen (secondary N) is 1. The third kappa shape index (κ3) is 4.14. The van der Waals surface area contributed by atoms with Crippen LogP contribution in [0, 0.1) is 0 Å². The molecule has 25 heavy (non-hydrogen) atoms. The Morgan fingerprint density at radius 1 is 1.08 bits per heavy atom. The van der Waals surface area contributed by atoms with Crippen molar-refractivity contribution < 1.29 is 13.2 Å². The molecule has 0 unspecified atom stereocenters. The lowest BCUT2D eigenvalue weighted by molar-refractivity contribution is 0.102. The van der Waals surface area contributed by atoms with Crippen LogP contribution in [0.1, 0.15) is 23.2 Å². The van der Waals surface area contributed by atoms with Crippen molar-refractivity contribution in [2.45, 2.75) is 17.7 Å². The number of hydrogen-bond acceptors (Lipinski definition) is 4. The van der Waals surface area contributed by atoms with Gasteiger partial charge in [0.2, 0.25) is 0 Å². The van der Waals surface area contributed by atoms with Crippen LogP contribution in [0.4, 0.5) is 11.4 Å². The molecule has 0 atom stereocenters. The summed E-state index contributed by atoms with van der Waals surface area (Å²) in [6.07, 6.45) is 3.39. The average molecular weight is 379 g/mol. The van der Waals surface area contributed by atoms with Gasteiger partial charge in [0.05, 0.1) is 16.3 Å². The molecule has 3 rings (SSSR count). The molecule has 0 saturated carbocycles. The summed E-state index contributed by atoms with van der Waals surface area (Å²) in [5, 5.41) is 3.44. The van der Waals surface area contributed by atoms with E-state index >= 15 is 0 Å². The summed E-state index contributed by atoms with van der Waals surface area (Å²) < 4.78 is 23.0. The monoisotopic (exact) mass is 378 g/mol. The smallest absolute Gasteiger partial charge is 0.255 e. The fraction of sp³-hybridized carbons (Fsp3) is 0.278. The zero-order valence-electron chi connectivity index (χ0n) is 13.8. The fourth-order valence-corrected chi connectivity index (χ4v) is 3.69. The van der Waals surface area contributed by atoms with Gasteiger partial charge in [-0.15, -0.1) is 0 Å². The highest BCUT2D eigenvalue weighted by Gasteiger charge is 2.18. The molecule has 7 heteroatoms. The van der Waals surface area contributed by atoms with Crippen molar-refractivity contribution in [3.8, 4) is 0 Å². The molecule has 0 radical (unpaired) electrons. The van der Waals surface area contributed by atoms with E-state index in [1.165, 1.54) is 24.3 Å². The highest BCUT2D eigenvalue weighted by atomic mass is 35.5. The molecular formula is C18H19ClN2O3S. The van der Waals surface area contributed by atoms with Crippen LogP contribution in [0.15, 0.2) is 47.4 Å². The van der Waals surface area contributed by atoms with Gasteiger partial charge in [0.1, 0.15) is 0 Å². The number of carbonyl (C=O) groups excluding carboxylic acids is 1. The standard InChI is InChI=1S/C18H19ClN2O3S/c1-25(23,24)15-7-4-13(5-8-15)18(22)20-16-12-14(19)6-9-17(16)21-10-2-3-11-21/h4-9,12H,2-3,10-11H2,1H3,(H,20,22). The number of rotatable bonds is 4. The summed E-state index contributed by atoms with van der Waals surface area (Å²) in [7, 11) is -3.28. The Balaban J connectivity index is 1.84. The number of amides is 1. The Hall–Kier alpha value is -2.05. The highest BCUT2D eigenvalue weighted by molar-refractivity contribution is 7.90. The van der Waals surface area contributed by atoms with Crippen LogP contribution in [0.2, 0.25) is 5.02 Å². The third-order valence-corrected chi connectivity index (χ3v) is 5.56. The summed E-state index contributed by atoms with van der Waals surface area (Å²) in [5.41, 5.74) is 1.99. The molecule has 1 heterocycles. The first-order chi connectivity index (χ1) is 11.8. The van der Waals surface area contributed by atoms with Gasteiger partial charge in [-0.2, -0.15) is 0 Å². The molecule has 0 aromatic heterocycles. The lowest BCUT2D eigenvalue weighted by Crippen LogP contribution is -2.21. The van der Waals surface area contributed by atoms with Gasteiger partial charge in [-0.05, 0) is 55.3 Å². The van der Waals surface area contributed by atoms with Crippen molar-refractivity contribution in [2.75, 3.05) is 29.6 Å². The molecule has 2 aromatic rings. The lowest BCUT2D eigenvalue weighted by atomic mass is 10.2. The van der Waals surface area contributed by atoms with E-state index in [9.17, 15) is 13.2 Å². The van der Waals surface area contributed by atoms with Crippen LogP contribution in [0.5, 0.6) is 0 Å². The van der Waals surface area contributed by atoms with E-state index in [2.05, 4.69) is 10.2 Å². The van der Waals surface area contributed by atoms with Crippen molar-refractivity contribution >= 4 is 38.7 Å². The molecule has 5 nitrogen and oxygen atoms in total. The second-order valence-electron chi connectivity index (χ2n) is 6.11. The summed E-state index contributed by atoms with van der Waals surface area (Å²) in [5.74, 6) is -0.303. The maximum absolute atomic E-state index is 12.5. The normalized spacial score (nSPS) is 14.6. The van der Waals surface area contributed by atoms with Gasteiger partial charge in [0, 0.05) is 29.9 Å². The topological polar surface area (TPSA) is 66.5 Å². The Morgan fingerprint density at radius 2 is 1.72 bits per heavy atom. The number of anilines is 2. The van der Waals surface area contributed by atoms with E-state index in [1.807, 2.05) is 12.1 Å². The summed E-state index contributed by atoms with van der Waals surface area (Å²) in [6.45, 7) is 1.90. The lowest BCUT2D eigenvalue weighted by Gasteiger charge is -2.22. The van der Waals surface area contributed by atoms with Crippen molar-refractivity contribution in [3.05, 3.63) is 53.1 Å². The molecular weight excluding hydrogens is 360 g/mol. The van der Waals surface area contributed by atoms with E-state index in [1.54, 1.807) is 6.07 Å². The Morgan fingerprint density at radius 3 is 2.32 bits per heavy atom. The SMILES string of the molecule is CS(=O)(=O)c1ccc(C(=O)Nc2cc(Cl)ccc2N2CCCC2)cc1. The zero-order chi connectivity index (χ0) is 18.0. The first-order valence-electron chi connectivity index (χ1n) is 8.00. The maximum atomic E-state index is 12.5. The van der Waals surface area contributed by atoms with Gasteiger partial charge < -0.3 is 10.2 Å². The summed E-state index contributed by atoms with van der Waals surface area (Å²) in [6, 6.07) is 11.3. The Kier molecular flexibility index (Phi) is 5.01. The van der Waals surface area contributed by atoms with Crippen LogP contribution in [-0.4, -0.2) is 33.7 Å². The van der Waals surface area contributed by atoms with Crippen LogP contribution in [0.25, 0.3) is 0 Å². The minimum Gasteiger partial charge on any atom is -0.370 e. The number of carbonyl (C=O) groups is 1. The molecule has 1 amide bonds. The van der Waals surface area contributed by atoms with Gasteiger partial charge in [0.25, 0.3) is 5.91 Å². The number of sulfone groups is 1. The largest absolute Gasteiger partial charge is 0.370 e. The van der Waals surface area contributed by atoms with Crippen molar-refractivity contribution in [1.82, 2.24) is 0 Å². The second-order valence-corrected chi connectivity index (χ2v) is 8.56. The second kappa shape index (κ2) is 7.06. The van der Waals surface area contributed by atoms with Crippen molar-refractivity contribution in [1.29, 1.82) is 0 Å². The van der Waals surface area contributed by atoms with Gasteiger partial charge in [-0.3, -0.25) is 4.79 Å². The zero-order valence-corrected chi connectivity index (χ0v) is 15.4. The molecule has 132 valence electrons. The molecule has 1 fully saturated rings. The van der Waals surface area contributed by atoms with E-state index in [0.29, 0.717) is 16.3 Å². The van der Waals surface area contributed by atoms with Crippen molar-refractivity contribution in [3.63, 3.8) is 0 Å². The minimum absolute atomic E-state index is 0.185. The van der Waals surface area contributed by atoms with E-state index in [-0.39, 0.29) is 10.8 Å². The van der Waals surface area contributed by atoms with Gasteiger partial charge in [-0.25, -0.2) is 8.42 Å². The maximum Gasteiger partial charge on any atom is 0.255 e. The molecule has 1 saturated heterocycles. The highest BCUT2D eigenvalue weighted by Crippen LogP contribution is 2.32. The number of hydrogen-bond donors (Lipinski definition) is 1. The predicted molar refractivity (Wildman–Crippen MR) is 100 cm³/mol. The van der Waals surface area contributed by atoms with Crippen LogP contribution < -0.4 is 10.2 Å². The minimum atomic E-state index is -3.28. The molecule has 0 aliphatic carbocycles. The van der Waals surface area contributed by atoms with Crippen LogP contribution in [0.3, 0.4) is 0 Å². The fourth-order valence-electron chi connectivity index (χ4n) is 2.89. The molecule has 1 aliphatic heterocycles. The van der Waals surface area contributed by atoms with Crippen molar-refractivity contribution in [2.24, 2.45) is 0 Å². The number of nitrogens with zero attached hydrogens (tertiary/aromatic N) is 1. The predicted octanol–water partition coefficient (Wildman–Crippen LogP) is 3.60. The van der Waals surface area contributed by atoms with Gasteiger partial charge in [-0.1, -0.05) is 11.6 Å². The van der Waals surface area contributed by atoms with E-state index in [4.69, 9.17) is 11.6 Å². The number of halogens is 1. The average Bonchev–Trinajstić information content (AvgIpc) is 3.08. The van der Waals surface area contributed by atoms with Gasteiger partial charge >= 0.3 is 0 Å². The van der Waals surface area contributed by atoms with Gasteiger partial charge in [0.15, 0.2) is 9.84 Å². The Labute approximate surface area is 152 Å². The molecule has 0 spiro atoms. The quantitative estimate of drug-likeness (QED) is 0.882. The third-order valence-electron chi connectivity index (χ3n) is 4.20. The van der Waals surface area contributed by atoms with E-state index in [0.717, 1.165) is 37.9 Å².